The van der Waals surface area contributed by atoms with Crippen LogP contribution in [-0.4, -0.2) is 56.1 Å². The number of aliphatic hydroxyl groups excluding tert-OH is 1. The van der Waals surface area contributed by atoms with Gasteiger partial charge in [-0.25, -0.2) is 0 Å². The van der Waals surface area contributed by atoms with E-state index in [1.807, 2.05) is 18.7 Å². The van der Waals surface area contributed by atoms with E-state index in [1.165, 1.54) is 0 Å². The van der Waals surface area contributed by atoms with Crippen LogP contribution in [0.1, 0.15) is 13.8 Å². The lowest BCUT2D eigenvalue weighted by Gasteiger charge is -2.21. The van der Waals surface area contributed by atoms with Crippen molar-refractivity contribution in [2.45, 2.75) is 20.0 Å². The molecule has 0 aliphatic heterocycles. The van der Waals surface area contributed by atoms with Gasteiger partial charge < -0.3 is 14.6 Å². The molecule has 0 fully saturated rings. The molecule has 0 heterocycles. The van der Waals surface area contributed by atoms with E-state index in [-0.39, 0.29) is 11.9 Å². The third-order valence-corrected chi connectivity index (χ3v) is 1.88. The second kappa shape index (κ2) is 8.71. The van der Waals surface area contributed by atoms with Crippen molar-refractivity contribution in [1.82, 2.24) is 4.90 Å². The Hall–Kier alpha value is -0.580. The van der Waals surface area contributed by atoms with Crippen molar-refractivity contribution in [3.63, 3.8) is 0 Å². The molecule has 0 aromatic heterocycles. The number of methoxy groups -OCH3 is 1. The largest absolute Gasteiger partial charge is 0.512 e. The standard InChI is InChI=1S/C11H23NO3/c1-10(2)15-8-6-12(5-7-14-4)9-11(3)13/h10,13H,3,5-9H2,1-2,4H3. The first-order chi connectivity index (χ1) is 7.06. The van der Waals surface area contributed by atoms with Gasteiger partial charge in [0.25, 0.3) is 0 Å². The van der Waals surface area contributed by atoms with Crippen LogP contribution in [0, 0.1) is 0 Å². The molecule has 0 rings (SSSR count). The maximum Gasteiger partial charge on any atom is 0.0991 e. The van der Waals surface area contributed by atoms with Gasteiger partial charge in [0.1, 0.15) is 0 Å². The van der Waals surface area contributed by atoms with Crippen LogP contribution < -0.4 is 0 Å². The zero-order valence-electron chi connectivity index (χ0n) is 10.0. The fraction of sp³-hybridized carbons (Fsp3) is 0.818. The molecular weight excluding hydrogens is 194 g/mol. The first-order valence-electron chi connectivity index (χ1n) is 5.26. The molecule has 4 nitrogen and oxygen atoms in total. The highest BCUT2D eigenvalue weighted by atomic mass is 16.5. The fourth-order valence-corrected chi connectivity index (χ4v) is 1.17. The Balaban J connectivity index is 3.73. The molecule has 0 aliphatic carbocycles. The van der Waals surface area contributed by atoms with Crippen LogP contribution in [0.15, 0.2) is 12.3 Å². The van der Waals surface area contributed by atoms with Crippen molar-refractivity contribution in [3.05, 3.63) is 12.3 Å². The number of aliphatic hydroxyl groups is 1. The summed E-state index contributed by atoms with van der Waals surface area (Å²) in [6.07, 6.45) is 0.242. The predicted molar refractivity (Wildman–Crippen MR) is 61.2 cm³/mol. The van der Waals surface area contributed by atoms with Crippen LogP contribution in [0.5, 0.6) is 0 Å². The molecular formula is C11H23NO3. The second-order valence-electron chi connectivity index (χ2n) is 3.75. The van der Waals surface area contributed by atoms with Gasteiger partial charge >= 0.3 is 0 Å². The van der Waals surface area contributed by atoms with E-state index in [1.54, 1.807) is 7.11 Å². The summed E-state index contributed by atoms with van der Waals surface area (Å²) in [5.74, 6) is 0.177. The van der Waals surface area contributed by atoms with Crippen molar-refractivity contribution in [3.8, 4) is 0 Å². The number of rotatable bonds is 9. The second-order valence-corrected chi connectivity index (χ2v) is 3.75. The Bertz CT molecular complexity index is 171. The molecule has 0 bridgehead atoms. The van der Waals surface area contributed by atoms with E-state index in [9.17, 15) is 0 Å². The predicted octanol–water partition coefficient (Wildman–Crippen LogP) is 1.43. The van der Waals surface area contributed by atoms with Crippen molar-refractivity contribution in [1.29, 1.82) is 0 Å². The van der Waals surface area contributed by atoms with E-state index in [0.717, 1.165) is 13.1 Å². The zero-order valence-corrected chi connectivity index (χ0v) is 10.0. The Morgan fingerprint density at radius 3 is 2.40 bits per heavy atom. The maximum atomic E-state index is 9.11. The van der Waals surface area contributed by atoms with Gasteiger partial charge in [0.15, 0.2) is 0 Å². The van der Waals surface area contributed by atoms with Gasteiger partial charge in [0.2, 0.25) is 0 Å². The Morgan fingerprint density at radius 1 is 1.33 bits per heavy atom. The Labute approximate surface area is 92.5 Å². The highest BCUT2D eigenvalue weighted by Gasteiger charge is 2.06. The molecule has 15 heavy (non-hydrogen) atoms. The van der Waals surface area contributed by atoms with E-state index in [4.69, 9.17) is 14.6 Å². The van der Waals surface area contributed by atoms with Gasteiger partial charge in [-0.2, -0.15) is 0 Å². The summed E-state index contributed by atoms with van der Waals surface area (Å²) in [5, 5.41) is 9.11. The van der Waals surface area contributed by atoms with Crippen molar-refractivity contribution in [2.24, 2.45) is 0 Å². The molecule has 0 radical (unpaired) electrons. The fourth-order valence-electron chi connectivity index (χ4n) is 1.17. The van der Waals surface area contributed by atoms with E-state index < -0.39 is 0 Å². The monoisotopic (exact) mass is 217 g/mol. The summed E-state index contributed by atoms with van der Waals surface area (Å²) in [5.41, 5.74) is 0. The maximum absolute atomic E-state index is 9.11. The lowest BCUT2D eigenvalue weighted by molar-refractivity contribution is 0.0524. The molecule has 1 N–H and O–H groups in total. The molecule has 0 aromatic carbocycles. The minimum atomic E-state index is 0.177. The Kier molecular flexibility index (Phi) is 8.37. The summed E-state index contributed by atoms with van der Waals surface area (Å²) in [4.78, 5) is 2.05. The van der Waals surface area contributed by atoms with E-state index in [0.29, 0.717) is 19.8 Å². The van der Waals surface area contributed by atoms with Crippen LogP contribution >= 0.6 is 0 Å². The van der Waals surface area contributed by atoms with Crippen LogP contribution in [-0.2, 0) is 9.47 Å². The van der Waals surface area contributed by atoms with Crippen molar-refractivity contribution in [2.75, 3.05) is 40.0 Å². The average Bonchev–Trinajstić information content (AvgIpc) is 2.12. The summed E-state index contributed by atoms with van der Waals surface area (Å²) >= 11 is 0. The smallest absolute Gasteiger partial charge is 0.0991 e. The summed E-state index contributed by atoms with van der Waals surface area (Å²) in [7, 11) is 1.66. The van der Waals surface area contributed by atoms with Crippen molar-refractivity contribution >= 4 is 0 Å². The lowest BCUT2D eigenvalue weighted by Crippen LogP contribution is -2.33. The van der Waals surface area contributed by atoms with Crippen LogP contribution in [0.4, 0.5) is 0 Å². The van der Waals surface area contributed by atoms with E-state index in [2.05, 4.69) is 6.58 Å². The highest BCUT2D eigenvalue weighted by Crippen LogP contribution is 1.95. The number of hydrogen-bond acceptors (Lipinski definition) is 4. The lowest BCUT2D eigenvalue weighted by atomic mass is 10.4. The van der Waals surface area contributed by atoms with Crippen LogP contribution in [0.2, 0.25) is 0 Å². The SMILES string of the molecule is C=C(O)CN(CCOC)CCOC(C)C. The third-order valence-electron chi connectivity index (χ3n) is 1.88. The number of hydrogen-bond donors (Lipinski definition) is 1. The van der Waals surface area contributed by atoms with Gasteiger partial charge in [-0.05, 0) is 13.8 Å². The molecule has 0 unspecified atom stereocenters. The minimum absolute atomic E-state index is 0.177. The summed E-state index contributed by atoms with van der Waals surface area (Å²) in [6, 6.07) is 0. The van der Waals surface area contributed by atoms with Crippen molar-refractivity contribution < 1.29 is 14.6 Å². The van der Waals surface area contributed by atoms with Gasteiger partial charge in [0.05, 0.1) is 31.6 Å². The zero-order chi connectivity index (χ0) is 11.7. The highest BCUT2D eigenvalue weighted by molar-refractivity contribution is 4.83. The van der Waals surface area contributed by atoms with Gasteiger partial charge in [-0.3, -0.25) is 4.90 Å². The molecule has 90 valence electrons. The first kappa shape index (κ1) is 14.4. The van der Waals surface area contributed by atoms with Crippen LogP contribution in [0.3, 0.4) is 0 Å². The number of nitrogens with zero attached hydrogens (tertiary/aromatic N) is 1. The van der Waals surface area contributed by atoms with E-state index >= 15 is 0 Å². The summed E-state index contributed by atoms with van der Waals surface area (Å²) < 4.78 is 10.4. The normalized spacial score (nSPS) is 11.3. The topological polar surface area (TPSA) is 41.9 Å². The molecule has 0 amide bonds. The first-order valence-corrected chi connectivity index (χ1v) is 5.26. The summed E-state index contributed by atoms with van der Waals surface area (Å²) in [6.45, 7) is 10.8. The quantitative estimate of drug-likeness (QED) is 0.593. The average molecular weight is 217 g/mol. The third kappa shape index (κ3) is 9.72. The Morgan fingerprint density at radius 2 is 1.93 bits per heavy atom. The van der Waals surface area contributed by atoms with Gasteiger partial charge in [0, 0.05) is 20.2 Å². The van der Waals surface area contributed by atoms with Gasteiger partial charge in [-0.1, -0.05) is 6.58 Å². The van der Waals surface area contributed by atoms with Gasteiger partial charge in [-0.15, -0.1) is 0 Å². The molecule has 0 aromatic rings. The van der Waals surface area contributed by atoms with Crippen LogP contribution in [0.25, 0.3) is 0 Å². The minimum Gasteiger partial charge on any atom is -0.512 e. The molecule has 0 spiro atoms. The molecule has 4 heteroatoms. The molecule has 0 atom stereocenters. The molecule has 0 aliphatic rings. The number of ether oxygens (including phenoxy) is 2. The molecule has 0 saturated carbocycles. The molecule has 0 saturated heterocycles.